The Hall–Kier alpha value is -2.00. The van der Waals surface area contributed by atoms with Gasteiger partial charge in [-0.2, -0.15) is 0 Å². The van der Waals surface area contributed by atoms with E-state index in [1.54, 1.807) is 12.1 Å². The monoisotopic (exact) mass is 382 g/mol. The molecule has 142 valence electrons. The highest BCUT2D eigenvalue weighted by molar-refractivity contribution is 7.99. The SMILES string of the molecule is CC(=O)N1[C@@H](C(=O)OCC(=O)NC[C@@H]2CCCO2)CS[C@H]1c1ccco1. The summed E-state index contributed by atoms with van der Waals surface area (Å²) in [6, 6.07) is 2.76. The number of nitrogens with zero attached hydrogens (tertiary/aromatic N) is 1. The van der Waals surface area contributed by atoms with Crippen LogP contribution in [0.2, 0.25) is 0 Å². The van der Waals surface area contributed by atoms with Crippen LogP contribution in [0.5, 0.6) is 0 Å². The minimum atomic E-state index is -0.737. The van der Waals surface area contributed by atoms with Crippen LogP contribution in [0.25, 0.3) is 0 Å². The third kappa shape index (κ3) is 4.39. The first-order chi connectivity index (χ1) is 12.6. The molecule has 3 heterocycles. The van der Waals surface area contributed by atoms with Gasteiger partial charge in [0, 0.05) is 25.8 Å². The van der Waals surface area contributed by atoms with Gasteiger partial charge in [-0.3, -0.25) is 9.59 Å². The fourth-order valence-corrected chi connectivity index (χ4v) is 4.46. The van der Waals surface area contributed by atoms with Crippen LogP contribution in [0.15, 0.2) is 22.8 Å². The third-order valence-corrected chi connectivity index (χ3v) is 5.60. The Bertz CT molecular complexity index is 644. The van der Waals surface area contributed by atoms with Crippen molar-refractivity contribution in [2.45, 2.75) is 37.3 Å². The van der Waals surface area contributed by atoms with E-state index in [-0.39, 0.29) is 29.9 Å². The largest absolute Gasteiger partial charge is 0.466 e. The number of hydrogen-bond donors (Lipinski definition) is 1. The van der Waals surface area contributed by atoms with Crippen molar-refractivity contribution < 1.29 is 28.3 Å². The first-order valence-corrected chi connectivity index (χ1v) is 9.60. The molecule has 1 aromatic heterocycles. The van der Waals surface area contributed by atoms with Crippen LogP contribution in [0, 0.1) is 0 Å². The zero-order valence-corrected chi connectivity index (χ0v) is 15.3. The Morgan fingerprint density at radius 2 is 2.27 bits per heavy atom. The fourth-order valence-electron chi connectivity index (χ4n) is 3.04. The van der Waals surface area contributed by atoms with E-state index in [1.165, 1.54) is 29.8 Å². The lowest BCUT2D eigenvalue weighted by Crippen LogP contribution is -2.44. The normalized spacial score (nSPS) is 25.3. The summed E-state index contributed by atoms with van der Waals surface area (Å²) in [6.07, 6.45) is 3.47. The van der Waals surface area contributed by atoms with Crippen molar-refractivity contribution in [1.82, 2.24) is 10.2 Å². The zero-order valence-electron chi connectivity index (χ0n) is 14.5. The second-order valence-electron chi connectivity index (χ2n) is 6.19. The molecule has 3 atom stereocenters. The Kier molecular flexibility index (Phi) is 6.20. The molecule has 0 radical (unpaired) electrons. The van der Waals surface area contributed by atoms with Gasteiger partial charge < -0.3 is 24.1 Å². The summed E-state index contributed by atoms with van der Waals surface area (Å²) in [5.41, 5.74) is 0. The summed E-state index contributed by atoms with van der Waals surface area (Å²) in [5.74, 6) is -0.220. The van der Waals surface area contributed by atoms with Crippen LogP contribution >= 0.6 is 11.8 Å². The maximum atomic E-state index is 12.4. The van der Waals surface area contributed by atoms with Crippen molar-refractivity contribution in [3.8, 4) is 0 Å². The van der Waals surface area contributed by atoms with Gasteiger partial charge in [-0.05, 0) is 25.0 Å². The molecule has 2 fully saturated rings. The molecule has 9 heteroatoms. The predicted molar refractivity (Wildman–Crippen MR) is 93.2 cm³/mol. The molecule has 0 spiro atoms. The van der Waals surface area contributed by atoms with Crippen LogP contribution in [-0.2, 0) is 23.9 Å². The number of esters is 1. The Morgan fingerprint density at radius 1 is 1.42 bits per heavy atom. The van der Waals surface area contributed by atoms with E-state index in [4.69, 9.17) is 13.9 Å². The minimum absolute atomic E-state index is 0.0307. The van der Waals surface area contributed by atoms with Crippen LogP contribution in [0.3, 0.4) is 0 Å². The zero-order chi connectivity index (χ0) is 18.5. The number of ether oxygens (including phenoxy) is 2. The summed E-state index contributed by atoms with van der Waals surface area (Å²) in [5, 5.41) is 2.33. The summed E-state index contributed by atoms with van der Waals surface area (Å²) < 4.78 is 15.9. The molecule has 0 bridgehead atoms. The van der Waals surface area contributed by atoms with Gasteiger partial charge in [0.25, 0.3) is 5.91 Å². The molecule has 26 heavy (non-hydrogen) atoms. The van der Waals surface area contributed by atoms with Crippen LogP contribution in [0.4, 0.5) is 0 Å². The number of furan rings is 1. The Balaban J connectivity index is 1.50. The Labute approximate surface area is 155 Å². The first-order valence-electron chi connectivity index (χ1n) is 8.55. The van der Waals surface area contributed by atoms with E-state index in [0.717, 1.165) is 12.8 Å². The number of nitrogens with one attached hydrogen (secondary N) is 1. The van der Waals surface area contributed by atoms with E-state index >= 15 is 0 Å². The number of thioether (sulfide) groups is 1. The molecule has 2 amide bonds. The molecule has 2 aliphatic heterocycles. The lowest BCUT2D eigenvalue weighted by atomic mass is 10.2. The van der Waals surface area contributed by atoms with Crippen molar-refractivity contribution in [2.24, 2.45) is 0 Å². The summed E-state index contributed by atoms with van der Waals surface area (Å²) in [7, 11) is 0. The molecule has 0 aromatic carbocycles. The van der Waals surface area contributed by atoms with Crippen molar-refractivity contribution in [2.75, 3.05) is 25.5 Å². The highest BCUT2D eigenvalue weighted by atomic mass is 32.2. The third-order valence-electron chi connectivity index (χ3n) is 4.32. The molecule has 0 saturated carbocycles. The van der Waals surface area contributed by atoms with Crippen molar-refractivity contribution in [1.29, 1.82) is 0 Å². The second kappa shape index (κ2) is 8.59. The van der Waals surface area contributed by atoms with Gasteiger partial charge in [0.15, 0.2) is 6.61 Å². The number of carbonyl (C=O) groups excluding carboxylic acids is 3. The van der Waals surface area contributed by atoms with Gasteiger partial charge in [0.05, 0.1) is 12.4 Å². The van der Waals surface area contributed by atoms with Gasteiger partial charge in [-0.25, -0.2) is 4.79 Å². The Morgan fingerprint density at radius 3 is 2.92 bits per heavy atom. The fraction of sp³-hybridized carbons (Fsp3) is 0.588. The van der Waals surface area contributed by atoms with E-state index < -0.39 is 12.0 Å². The molecular weight excluding hydrogens is 360 g/mol. The van der Waals surface area contributed by atoms with Crippen LogP contribution < -0.4 is 5.32 Å². The molecule has 1 N–H and O–H groups in total. The van der Waals surface area contributed by atoms with Gasteiger partial charge in [0.1, 0.15) is 17.2 Å². The minimum Gasteiger partial charge on any atom is -0.466 e. The van der Waals surface area contributed by atoms with Gasteiger partial charge in [-0.15, -0.1) is 11.8 Å². The molecule has 2 saturated heterocycles. The van der Waals surface area contributed by atoms with Crippen LogP contribution in [0.1, 0.15) is 30.9 Å². The highest BCUT2D eigenvalue weighted by Crippen LogP contribution is 2.41. The lowest BCUT2D eigenvalue weighted by molar-refractivity contribution is -0.156. The van der Waals surface area contributed by atoms with Gasteiger partial charge in [0.2, 0.25) is 5.91 Å². The van der Waals surface area contributed by atoms with Gasteiger partial charge >= 0.3 is 5.97 Å². The van der Waals surface area contributed by atoms with Crippen LogP contribution in [-0.4, -0.2) is 60.3 Å². The molecule has 2 aliphatic rings. The predicted octanol–water partition coefficient (Wildman–Crippen LogP) is 1.08. The smallest absolute Gasteiger partial charge is 0.330 e. The number of carbonyl (C=O) groups is 3. The average molecular weight is 382 g/mol. The quantitative estimate of drug-likeness (QED) is 0.735. The first kappa shape index (κ1) is 18.8. The molecular formula is C17H22N2O6S. The van der Waals surface area contributed by atoms with E-state index in [2.05, 4.69) is 5.32 Å². The van der Waals surface area contributed by atoms with Crippen molar-refractivity contribution >= 4 is 29.5 Å². The average Bonchev–Trinajstić information content (AvgIpc) is 3.37. The van der Waals surface area contributed by atoms with E-state index in [0.29, 0.717) is 24.7 Å². The summed E-state index contributed by atoms with van der Waals surface area (Å²) >= 11 is 1.43. The maximum absolute atomic E-state index is 12.4. The van der Waals surface area contributed by atoms with Gasteiger partial charge in [-0.1, -0.05) is 0 Å². The number of rotatable bonds is 6. The number of hydrogen-bond acceptors (Lipinski definition) is 7. The maximum Gasteiger partial charge on any atom is 0.330 e. The lowest BCUT2D eigenvalue weighted by Gasteiger charge is -2.25. The molecule has 8 nitrogen and oxygen atoms in total. The summed E-state index contributed by atoms with van der Waals surface area (Å²) in [4.78, 5) is 37.7. The number of amides is 2. The molecule has 0 unspecified atom stereocenters. The summed E-state index contributed by atoms with van der Waals surface area (Å²) in [6.45, 7) is 2.16. The molecule has 3 rings (SSSR count). The van der Waals surface area contributed by atoms with E-state index in [1.807, 2.05) is 0 Å². The molecule has 1 aromatic rings. The van der Waals surface area contributed by atoms with Crippen molar-refractivity contribution in [3.63, 3.8) is 0 Å². The van der Waals surface area contributed by atoms with Crippen molar-refractivity contribution in [3.05, 3.63) is 24.2 Å². The highest BCUT2D eigenvalue weighted by Gasteiger charge is 2.43. The van der Waals surface area contributed by atoms with E-state index in [9.17, 15) is 14.4 Å². The standard InChI is InChI=1S/C17H22N2O6S/c1-11(20)19-13(10-26-16(19)14-5-3-7-24-14)17(22)25-9-15(21)18-8-12-4-2-6-23-12/h3,5,7,12-13,16H,2,4,6,8-10H2,1H3,(H,18,21)/t12-,13+,16-/m0/s1. The second-order valence-corrected chi connectivity index (χ2v) is 7.30. The topological polar surface area (TPSA) is 98.1 Å². The molecule has 0 aliphatic carbocycles.